The predicted octanol–water partition coefficient (Wildman–Crippen LogP) is 5.04. The highest BCUT2D eigenvalue weighted by atomic mass is 32.1. The monoisotopic (exact) mass is 444 g/mol. The maximum Gasteiger partial charge on any atom is 0.263 e. The highest BCUT2D eigenvalue weighted by molar-refractivity contribution is 7.21. The Morgan fingerprint density at radius 2 is 1.84 bits per heavy atom. The quantitative estimate of drug-likeness (QED) is 0.453. The molecule has 0 spiro atoms. The van der Waals surface area contributed by atoms with Gasteiger partial charge in [-0.2, -0.15) is 0 Å². The molecule has 1 fully saturated rings. The summed E-state index contributed by atoms with van der Waals surface area (Å²) < 4.78 is 2.01. The van der Waals surface area contributed by atoms with Crippen LogP contribution in [0.15, 0.2) is 67.1 Å². The van der Waals surface area contributed by atoms with E-state index in [1.54, 1.807) is 6.20 Å². The molecule has 0 radical (unpaired) electrons. The van der Waals surface area contributed by atoms with Crippen molar-refractivity contribution < 1.29 is 4.79 Å². The van der Waals surface area contributed by atoms with E-state index in [0.717, 1.165) is 59.8 Å². The summed E-state index contributed by atoms with van der Waals surface area (Å²) in [4.78, 5) is 21.8. The molecular weight excluding hydrogens is 416 g/mol. The minimum Gasteiger partial charge on any atom is -0.351 e. The standard InChI is InChI=1S/C26H28N4OS/c1-19-6-8-21(9-7-19)18-29-15-10-20(11-16-29)17-28-25(31)24-23(30-13-2-3-14-30)22-5-4-12-27-26(22)32-24/h2-9,12-14,20H,10-11,15-18H2,1H3,(H,28,31). The third kappa shape index (κ3) is 4.47. The molecule has 1 amide bonds. The molecule has 32 heavy (non-hydrogen) atoms. The second kappa shape index (κ2) is 9.27. The van der Waals surface area contributed by atoms with Crippen molar-refractivity contribution in [3.8, 4) is 5.69 Å². The van der Waals surface area contributed by atoms with E-state index in [9.17, 15) is 4.79 Å². The van der Waals surface area contributed by atoms with Gasteiger partial charge >= 0.3 is 0 Å². The average Bonchev–Trinajstić information content (AvgIpc) is 3.47. The van der Waals surface area contributed by atoms with E-state index in [1.165, 1.54) is 22.5 Å². The Kier molecular flexibility index (Phi) is 6.06. The number of aromatic nitrogens is 2. The van der Waals surface area contributed by atoms with Gasteiger partial charge in [-0.3, -0.25) is 9.69 Å². The number of hydrogen-bond donors (Lipinski definition) is 1. The van der Waals surface area contributed by atoms with Crippen molar-refractivity contribution in [2.75, 3.05) is 19.6 Å². The van der Waals surface area contributed by atoms with E-state index in [0.29, 0.717) is 5.92 Å². The van der Waals surface area contributed by atoms with Gasteiger partial charge in [0.25, 0.3) is 5.91 Å². The van der Waals surface area contributed by atoms with Crippen molar-refractivity contribution in [3.05, 3.63) is 83.1 Å². The van der Waals surface area contributed by atoms with Gasteiger partial charge in [-0.05, 0) is 68.6 Å². The summed E-state index contributed by atoms with van der Waals surface area (Å²) in [5, 5.41) is 4.23. The molecule has 1 aromatic carbocycles. The number of rotatable bonds is 6. The van der Waals surface area contributed by atoms with Gasteiger partial charge in [-0.1, -0.05) is 29.8 Å². The SMILES string of the molecule is Cc1ccc(CN2CCC(CNC(=O)c3sc4ncccc4c3-n3cccc3)CC2)cc1. The molecular formula is C26H28N4OS. The van der Waals surface area contributed by atoms with Gasteiger partial charge in [-0.15, -0.1) is 11.3 Å². The average molecular weight is 445 g/mol. The van der Waals surface area contributed by atoms with Gasteiger partial charge in [0.15, 0.2) is 0 Å². The van der Waals surface area contributed by atoms with Crippen LogP contribution in [0.2, 0.25) is 0 Å². The number of amides is 1. The second-order valence-corrected chi connectivity index (χ2v) is 9.64. The first-order valence-corrected chi connectivity index (χ1v) is 12.1. The van der Waals surface area contributed by atoms with Gasteiger partial charge in [0.1, 0.15) is 9.71 Å². The number of aryl methyl sites for hydroxylation is 1. The molecule has 0 bridgehead atoms. The fraction of sp³-hybridized carbons (Fsp3) is 0.308. The molecule has 5 nitrogen and oxygen atoms in total. The molecule has 0 aliphatic carbocycles. The van der Waals surface area contributed by atoms with Crippen molar-refractivity contribution in [2.24, 2.45) is 5.92 Å². The van der Waals surface area contributed by atoms with Crippen LogP contribution in [0.1, 0.15) is 33.6 Å². The van der Waals surface area contributed by atoms with Crippen molar-refractivity contribution in [1.82, 2.24) is 19.8 Å². The van der Waals surface area contributed by atoms with Crippen LogP contribution in [0.3, 0.4) is 0 Å². The number of carbonyl (C=O) groups is 1. The maximum absolute atomic E-state index is 13.2. The van der Waals surface area contributed by atoms with Crippen LogP contribution in [0.5, 0.6) is 0 Å². The molecule has 4 heterocycles. The Morgan fingerprint density at radius 3 is 2.59 bits per heavy atom. The Hall–Kier alpha value is -2.96. The van der Waals surface area contributed by atoms with Crippen LogP contribution in [0.4, 0.5) is 0 Å². The highest BCUT2D eigenvalue weighted by Gasteiger charge is 2.23. The fourth-order valence-electron chi connectivity index (χ4n) is 4.43. The zero-order valence-corrected chi connectivity index (χ0v) is 19.1. The number of thiophene rings is 1. The number of carbonyl (C=O) groups excluding carboxylic acids is 1. The van der Waals surface area contributed by atoms with E-state index in [-0.39, 0.29) is 5.91 Å². The molecule has 1 aliphatic heterocycles. The topological polar surface area (TPSA) is 50.2 Å². The first kappa shape index (κ1) is 20.9. The van der Waals surface area contributed by atoms with Crippen LogP contribution in [-0.2, 0) is 6.54 Å². The molecule has 1 N–H and O–H groups in total. The third-order valence-corrected chi connectivity index (χ3v) is 7.40. The second-order valence-electron chi connectivity index (χ2n) is 8.64. The normalized spacial score (nSPS) is 15.3. The van der Waals surface area contributed by atoms with Crippen LogP contribution >= 0.6 is 11.3 Å². The summed E-state index contributed by atoms with van der Waals surface area (Å²) >= 11 is 1.47. The van der Waals surface area contributed by atoms with Gasteiger partial charge in [-0.25, -0.2) is 4.98 Å². The van der Waals surface area contributed by atoms with Crippen LogP contribution in [0.25, 0.3) is 15.9 Å². The molecule has 164 valence electrons. The van der Waals surface area contributed by atoms with Gasteiger partial charge in [0.2, 0.25) is 0 Å². The van der Waals surface area contributed by atoms with Crippen molar-refractivity contribution in [1.29, 1.82) is 0 Å². The van der Waals surface area contributed by atoms with Gasteiger partial charge in [0, 0.05) is 37.1 Å². The predicted molar refractivity (Wildman–Crippen MR) is 130 cm³/mol. The molecule has 0 saturated carbocycles. The molecule has 4 aromatic rings. The summed E-state index contributed by atoms with van der Waals surface area (Å²) in [7, 11) is 0. The van der Waals surface area contributed by atoms with E-state index >= 15 is 0 Å². The lowest BCUT2D eigenvalue weighted by molar-refractivity contribution is 0.0939. The van der Waals surface area contributed by atoms with Crippen LogP contribution in [0, 0.1) is 12.8 Å². The summed E-state index contributed by atoms with van der Waals surface area (Å²) in [5.74, 6) is 0.523. The largest absolute Gasteiger partial charge is 0.351 e. The molecule has 3 aromatic heterocycles. The number of hydrogen-bond acceptors (Lipinski definition) is 4. The number of fused-ring (bicyclic) bond motifs is 1. The van der Waals surface area contributed by atoms with Crippen molar-refractivity contribution in [3.63, 3.8) is 0 Å². The van der Waals surface area contributed by atoms with E-state index in [2.05, 4.69) is 46.4 Å². The fourth-order valence-corrected chi connectivity index (χ4v) is 5.49. The Balaban J connectivity index is 1.20. The molecule has 6 heteroatoms. The summed E-state index contributed by atoms with van der Waals surface area (Å²) in [6.45, 7) is 6.02. The zero-order chi connectivity index (χ0) is 21.9. The maximum atomic E-state index is 13.2. The Bertz CT molecular complexity index is 1190. The van der Waals surface area contributed by atoms with E-state index in [1.807, 2.05) is 41.2 Å². The third-order valence-electron chi connectivity index (χ3n) is 6.29. The molecule has 1 aliphatic rings. The van der Waals surface area contributed by atoms with E-state index < -0.39 is 0 Å². The number of benzene rings is 1. The first-order valence-electron chi connectivity index (χ1n) is 11.2. The van der Waals surface area contributed by atoms with Crippen molar-refractivity contribution >= 4 is 27.5 Å². The summed E-state index contributed by atoms with van der Waals surface area (Å²) in [6, 6.07) is 16.7. The van der Waals surface area contributed by atoms with E-state index in [4.69, 9.17) is 0 Å². The highest BCUT2D eigenvalue weighted by Crippen LogP contribution is 2.33. The molecule has 1 saturated heterocycles. The minimum absolute atomic E-state index is 0.00113. The Morgan fingerprint density at radius 1 is 1.09 bits per heavy atom. The number of piperidine rings is 1. The lowest BCUT2D eigenvalue weighted by Gasteiger charge is -2.32. The zero-order valence-electron chi connectivity index (χ0n) is 18.3. The number of likely N-dealkylation sites (tertiary alicyclic amines) is 1. The Labute approximate surface area is 192 Å². The lowest BCUT2D eigenvalue weighted by Crippen LogP contribution is -2.38. The van der Waals surface area contributed by atoms with Gasteiger partial charge < -0.3 is 9.88 Å². The lowest BCUT2D eigenvalue weighted by atomic mass is 9.96. The van der Waals surface area contributed by atoms with Gasteiger partial charge in [0.05, 0.1) is 5.69 Å². The van der Waals surface area contributed by atoms with Crippen LogP contribution in [-0.4, -0.2) is 40.0 Å². The minimum atomic E-state index is -0.00113. The summed E-state index contributed by atoms with van der Waals surface area (Å²) in [6.07, 6.45) is 7.98. The molecule has 0 atom stereocenters. The molecule has 5 rings (SSSR count). The number of nitrogens with one attached hydrogen (secondary N) is 1. The first-order chi connectivity index (χ1) is 15.7. The molecule has 0 unspecified atom stereocenters. The van der Waals surface area contributed by atoms with Crippen molar-refractivity contribution in [2.45, 2.75) is 26.3 Å². The van der Waals surface area contributed by atoms with Crippen LogP contribution < -0.4 is 5.32 Å². The number of pyridine rings is 1. The smallest absolute Gasteiger partial charge is 0.263 e. The summed E-state index contributed by atoms with van der Waals surface area (Å²) in [5.41, 5.74) is 3.60. The number of nitrogens with zero attached hydrogens (tertiary/aromatic N) is 3.